The number of aryl methyl sites for hydroxylation is 2. The molecule has 11 nitrogen and oxygen atoms in total. The van der Waals surface area contributed by atoms with E-state index >= 15 is 0 Å². The average Bonchev–Trinajstić information content (AvgIpc) is 3.67. The molecule has 208 valence electrons. The van der Waals surface area contributed by atoms with Crippen LogP contribution < -0.4 is 10.1 Å². The number of amides is 2. The van der Waals surface area contributed by atoms with E-state index in [4.69, 9.17) is 21.1 Å². The van der Waals surface area contributed by atoms with Gasteiger partial charge in [0.05, 0.1) is 47.6 Å². The van der Waals surface area contributed by atoms with Crippen LogP contribution in [-0.4, -0.2) is 73.5 Å². The molecule has 1 fully saturated rings. The minimum Gasteiger partial charge on any atom is -0.492 e. The van der Waals surface area contributed by atoms with E-state index in [1.54, 1.807) is 33.8 Å². The highest BCUT2D eigenvalue weighted by molar-refractivity contribution is 6.32. The normalized spacial score (nSPS) is 19.8. The predicted molar refractivity (Wildman–Crippen MR) is 142 cm³/mol. The van der Waals surface area contributed by atoms with Crippen molar-refractivity contribution in [2.45, 2.75) is 44.6 Å². The summed E-state index contributed by atoms with van der Waals surface area (Å²) in [4.78, 5) is 35.6. The van der Waals surface area contributed by atoms with Crippen LogP contribution in [0, 0.1) is 5.82 Å². The van der Waals surface area contributed by atoms with Crippen LogP contribution in [0.4, 0.5) is 4.39 Å². The van der Waals surface area contributed by atoms with Gasteiger partial charge in [0.25, 0.3) is 5.91 Å². The molecule has 0 unspecified atom stereocenters. The Hall–Kier alpha value is -4.03. The van der Waals surface area contributed by atoms with E-state index in [0.717, 1.165) is 0 Å². The van der Waals surface area contributed by atoms with Crippen molar-refractivity contribution in [1.82, 2.24) is 35.2 Å². The summed E-state index contributed by atoms with van der Waals surface area (Å²) in [5.74, 6) is 0.252. The van der Waals surface area contributed by atoms with Crippen LogP contribution in [0.1, 0.15) is 34.7 Å². The van der Waals surface area contributed by atoms with Crippen molar-refractivity contribution >= 4 is 34.4 Å². The van der Waals surface area contributed by atoms with E-state index < -0.39 is 12.1 Å². The van der Waals surface area contributed by atoms with Crippen LogP contribution in [-0.2, 0) is 29.1 Å². The molecule has 13 heteroatoms. The van der Waals surface area contributed by atoms with Gasteiger partial charge in [-0.25, -0.2) is 9.37 Å². The molecule has 4 heterocycles. The molecule has 2 aliphatic rings. The molecule has 2 aromatic carbocycles. The first-order chi connectivity index (χ1) is 19.4. The van der Waals surface area contributed by atoms with Gasteiger partial charge in [-0.05, 0) is 36.4 Å². The van der Waals surface area contributed by atoms with Gasteiger partial charge in [-0.1, -0.05) is 16.8 Å². The molecule has 0 aliphatic carbocycles. The number of H-pyrrole nitrogens is 1. The summed E-state index contributed by atoms with van der Waals surface area (Å²) in [6.07, 6.45) is 2.59. The molecule has 0 saturated carbocycles. The molecular formula is C27H27ClFN7O4. The van der Waals surface area contributed by atoms with Crippen molar-refractivity contribution in [2.75, 3.05) is 19.7 Å². The van der Waals surface area contributed by atoms with E-state index in [9.17, 15) is 14.0 Å². The standard InChI is InChI=1S/C27H27ClFN7O4/c28-19-4-2-16-10-23(19)39-9-1-8-36-12-18(33-34-36)15-40-24-14-35(13-22(24)32-27(16)38)26(37)7-6-25-30-20-5-3-17(29)11-21(20)31-25/h2-5,10-12,22,24H,1,6-9,13-15H2,(H,30,31)(H,32,38)/t22-,24-/m0/s1. The maximum atomic E-state index is 13.5. The Morgan fingerprint density at radius 1 is 1.20 bits per heavy atom. The molecule has 0 radical (unpaired) electrons. The number of ether oxygens (including phenoxy) is 2. The number of carbonyl (C=O) groups is 2. The van der Waals surface area contributed by atoms with E-state index in [-0.39, 0.29) is 37.2 Å². The van der Waals surface area contributed by atoms with Gasteiger partial charge in [-0.2, -0.15) is 0 Å². The van der Waals surface area contributed by atoms with Gasteiger partial charge >= 0.3 is 0 Å². The molecule has 40 heavy (non-hydrogen) atoms. The van der Waals surface area contributed by atoms with Gasteiger partial charge in [0.2, 0.25) is 5.91 Å². The van der Waals surface area contributed by atoms with Crippen molar-refractivity contribution < 1.29 is 23.5 Å². The van der Waals surface area contributed by atoms with E-state index in [1.165, 1.54) is 12.1 Å². The third-order valence-corrected chi connectivity index (χ3v) is 7.33. The van der Waals surface area contributed by atoms with Crippen LogP contribution in [0.15, 0.2) is 42.6 Å². The van der Waals surface area contributed by atoms with E-state index in [0.29, 0.717) is 71.4 Å². The minimum absolute atomic E-state index is 0.101. The SMILES string of the molecule is O=C1N[C@H]2CN(C(=O)CCc3nc4ccc(F)cc4[nH]3)C[C@@H]2OCc2cn(nn2)CCCOc2cc1ccc2Cl. The van der Waals surface area contributed by atoms with Gasteiger partial charge < -0.3 is 24.7 Å². The van der Waals surface area contributed by atoms with Crippen LogP contribution in [0.3, 0.4) is 0 Å². The van der Waals surface area contributed by atoms with Crippen molar-refractivity contribution in [3.05, 3.63) is 70.5 Å². The molecule has 4 aromatic rings. The monoisotopic (exact) mass is 567 g/mol. The number of hydrogen-bond donors (Lipinski definition) is 2. The molecule has 6 rings (SSSR count). The molecule has 2 aromatic heterocycles. The fourth-order valence-electron chi connectivity index (χ4n) is 4.94. The first-order valence-electron chi connectivity index (χ1n) is 13.1. The Balaban J connectivity index is 1.17. The lowest BCUT2D eigenvalue weighted by molar-refractivity contribution is -0.130. The summed E-state index contributed by atoms with van der Waals surface area (Å²) >= 11 is 6.29. The van der Waals surface area contributed by atoms with Crippen molar-refractivity contribution in [1.29, 1.82) is 0 Å². The highest BCUT2D eigenvalue weighted by Crippen LogP contribution is 2.26. The Bertz CT molecular complexity index is 1560. The fraction of sp³-hybridized carbons (Fsp3) is 0.370. The zero-order chi connectivity index (χ0) is 27.6. The molecule has 2 aliphatic heterocycles. The highest BCUT2D eigenvalue weighted by Gasteiger charge is 2.37. The summed E-state index contributed by atoms with van der Waals surface area (Å²) in [6.45, 7) is 1.77. The van der Waals surface area contributed by atoms with Gasteiger partial charge in [0, 0.05) is 44.5 Å². The third kappa shape index (κ3) is 5.77. The second-order valence-corrected chi connectivity index (χ2v) is 10.3. The van der Waals surface area contributed by atoms with Gasteiger partial charge in [0.1, 0.15) is 23.1 Å². The number of imidazole rings is 1. The van der Waals surface area contributed by atoms with Crippen molar-refractivity contribution in [2.24, 2.45) is 0 Å². The topological polar surface area (TPSA) is 127 Å². The molecule has 0 spiro atoms. The lowest BCUT2D eigenvalue weighted by Crippen LogP contribution is -2.44. The number of likely N-dealkylation sites (tertiary alicyclic amines) is 1. The number of rotatable bonds is 3. The Morgan fingerprint density at radius 3 is 3.00 bits per heavy atom. The predicted octanol–water partition coefficient (Wildman–Crippen LogP) is 2.89. The summed E-state index contributed by atoms with van der Waals surface area (Å²) < 4.78 is 27.2. The highest BCUT2D eigenvalue weighted by atomic mass is 35.5. The quantitative estimate of drug-likeness (QED) is 0.390. The lowest BCUT2D eigenvalue weighted by Gasteiger charge is -2.20. The van der Waals surface area contributed by atoms with E-state index in [2.05, 4.69) is 25.6 Å². The van der Waals surface area contributed by atoms with Gasteiger partial charge in [-0.3, -0.25) is 14.3 Å². The number of carbonyl (C=O) groups excluding carboxylic acids is 2. The van der Waals surface area contributed by atoms with Crippen LogP contribution in [0.2, 0.25) is 5.02 Å². The molecular weight excluding hydrogens is 541 g/mol. The van der Waals surface area contributed by atoms with Gasteiger partial charge in [0.15, 0.2) is 0 Å². The zero-order valence-electron chi connectivity index (χ0n) is 21.5. The Kier molecular flexibility index (Phi) is 7.35. The maximum Gasteiger partial charge on any atom is 0.251 e. The number of benzene rings is 2. The second kappa shape index (κ2) is 11.2. The number of halogens is 2. The minimum atomic E-state index is -0.455. The Labute approximate surface area is 233 Å². The van der Waals surface area contributed by atoms with Crippen molar-refractivity contribution in [3.8, 4) is 5.75 Å². The van der Waals surface area contributed by atoms with Gasteiger partial charge in [-0.15, -0.1) is 5.10 Å². The van der Waals surface area contributed by atoms with Crippen LogP contribution >= 0.6 is 11.6 Å². The summed E-state index contributed by atoms with van der Waals surface area (Å²) in [5.41, 5.74) is 2.28. The smallest absolute Gasteiger partial charge is 0.251 e. The molecule has 1 saturated heterocycles. The summed E-state index contributed by atoms with van der Waals surface area (Å²) in [7, 11) is 0. The molecule has 2 N–H and O–H groups in total. The van der Waals surface area contributed by atoms with Crippen molar-refractivity contribution in [3.63, 3.8) is 0 Å². The average molecular weight is 568 g/mol. The number of aromatic amines is 1. The lowest BCUT2D eigenvalue weighted by atomic mass is 10.1. The number of nitrogens with zero attached hydrogens (tertiary/aromatic N) is 5. The zero-order valence-corrected chi connectivity index (χ0v) is 22.2. The number of hydrogen-bond acceptors (Lipinski definition) is 7. The molecule has 2 amide bonds. The first kappa shape index (κ1) is 26.2. The van der Waals surface area contributed by atoms with Crippen LogP contribution in [0.5, 0.6) is 5.75 Å². The molecule has 4 bridgehead atoms. The number of aromatic nitrogens is 5. The van der Waals surface area contributed by atoms with E-state index in [1.807, 2.05) is 6.20 Å². The fourth-order valence-corrected chi connectivity index (χ4v) is 5.12. The second-order valence-electron chi connectivity index (χ2n) is 9.89. The molecule has 2 atom stereocenters. The number of nitrogens with one attached hydrogen (secondary N) is 2. The third-order valence-electron chi connectivity index (χ3n) is 7.02. The first-order valence-corrected chi connectivity index (χ1v) is 13.4. The Morgan fingerprint density at radius 2 is 2.10 bits per heavy atom. The summed E-state index contributed by atoms with van der Waals surface area (Å²) in [5, 5.41) is 11.7. The van der Waals surface area contributed by atoms with Crippen LogP contribution in [0.25, 0.3) is 11.0 Å². The summed E-state index contributed by atoms with van der Waals surface area (Å²) in [6, 6.07) is 8.75. The largest absolute Gasteiger partial charge is 0.492 e. The number of fused-ring (bicyclic) bond motifs is 6. The maximum absolute atomic E-state index is 13.5.